The Morgan fingerprint density at radius 2 is 1.92 bits per heavy atom. The van der Waals surface area contributed by atoms with E-state index in [2.05, 4.69) is 20.7 Å². The van der Waals surface area contributed by atoms with Crippen molar-refractivity contribution in [2.75, 3.05) is 16.3 Å². The van der Waals surface area contributed by atoms with Crippen molar-refractivity contribution in [2.45, 2.75) is 19.4 Å². The van der Waals surface area contributed by atoms with E-state index in [1.54, 1.807) is 25.1 Å². The predicted octanol–water partition coefficient (Wildman–Crippen LogP) is 0.231. The van der Waals surface area contributed by atoms with Crippen LogP contribution in [0.15, 0.2) is 24.3 Å². The van der Waals surface area contributed by atoms with Crippen molar-refractivity contribution < 1.29 is 22.8 Å². The average Bonchev–Trinajstić information content (AvgIpc) is 2.41. The lowest BCUT2D eigenvalue weighted by Gasteiger charge is -2.28. The number of hydrogen-bond donors (Lipinski definition) is 4. The smallest absolute Gasteiger partial charge is 0.321 e. The quantitative estimate of drug-likeness (QED) is 0.601. The van der Waals surface area contributed by atoms with E-state index in [-0.39, 0.29) is 6.42 Å². The minimum absolute atomic E-state index is 0.114. The van der Waals surface area contributed by atoms with Gasteiger partial charge in [0.05, 0.1) is 17.9 Å². The van der Waals surface area contributed by atoms with Crippen molar-refractivity contribution in [3.05, 3.63) is 24.3 Å². The first-order chi connectivity index (χ1) is 11.1. The van der Waals surface area contributed by atoms with E-state index in [1.807, 2.05) is 0 Å². The summed E-state index contributed by atoms with van der Waals surface area (Å²) in [6, 6.07) is 5.14. The van der Waals surface area contributed by atoms with E-state index in [0.717, 1.165) is 6.26 Å². The highest BCUT2D eigenvalue weighted by Crippen LogP contribution is 2.18. The molecule has 0 bridgehead atoms. The highest BCUT2D eigenvalue weighted by Gasteiger charge is 2.34. The number of hydrogen-bond acceptors (Lipinski definition) is 5. The van der Waals surface area contributed by atoms with Crippen molar-refractivity contribution in [1.29, 1.82) is 0 Å². The van der Waals surface area contributed by atoms with Gasteiger partial charge in [0.25, 0.3) is 0 Å². The Hall–Kier alpha value is -2.62. The lowest BCUT2D eigenvalue weighted by Crippen LogP contribution is -2.57. The molecule has 0 aromatic heterocycles. The van der Waals surface area contributed by atoms with E-state index < -0.39 is 39.8 Å². The van der Waals surface area contributed by atoms with Gasteiger partial charge in [0, 0.05) is 18.2 Å². The second-order valence-corrected chi connectivity index (χ2v) is 7.31. The van der Waals surface area contributed by atoms with E-state index in [9.17, 15) is 22.8 Å². The number of amides is 4. The molecule has 4 N–H and O–H groups in total. The van der Waals surface area contributed by atoms with Gasteiger partial charge in [0.15, 0.2) is 0 Å². The van der Waals surface area contributed by atoms with Crippen LogP contribution in [-0.4, -0.2) is 38.6 Å². The Morgan fingerprint density at radius 3 is 2.54 bits per heavy atom. The lowest BCUT2D eigenvalue weighted by molar-refractivity contribution is -0.129. The topological polar surface area (TPSA) is 133 Å². The zero-order valence-corrected chi connectivity index (χ0v) is 13.9. The Labute approximate surface area is 139 Å². The monoisotopic (exact) mass is 354 g/mol. The van der Waals surface area contributed by atoms with Crippen molar-refractivity contribution in [1.82, 2.24) is 10.6 Å². The number of carbonyl (C=O) groups is 3. The third kappa shape index (κ3) is 4.95. The predicted molar refractivity (Wildman–Crippen MR) is 87.8 cm³/mol. The summed E-state index contributed by atoms with van der Waals surface area (Å²) in [4.78, 5) is 35.1. The molecule has 0 aliphatic carbocycles. The van der Waals surface area contributed by atoms with E-state index in [0.29, 0.717) is 11.4 Å². The van der Waals surface area contributed by atoms with Crippen LogP contribution in [0.25, 0.3) is 0 Å². The van der Waals surface area contributed by atoms with Gasteiger partial charge in [-0.05, 0) is 25.1 Å². The van der Waals surface area contributed by atoms with Gasteiger partial charge in [-0.2, -0.15) is 0 Å². The highest BCUT2D eigenvalue weighted by atomic mass is 32.2. The fourth-order valence-electron chi connectivity index (χ4n) is 2.33. The van der Waals surface area contributed by atoms with Crippen LogP contribution >= 0.6 is 0 Å². The molecular formula is C14H18N4O5S. The molecule has 4 amide bonds. The van der Waals surface area contributed by atoms with Gasteiger partial charge in [-0.25, -0.2) is 13.2 Å². The molecular weight excluding hydrogens is 336 g/mol. The second kappa shape index (κ2) is 6.87. The molecule has 1 fully saturated rings. The fourth-order valence-corrected chi connectivity index (χ4v) is 2.89. The molecule has 130 valence electrons. The maximum atomic E-state index is 12.1. The Morgan fingerprint density at radius 1 is 1.25 bits per heavy atom. The molecule has 24 heavy (non-hydrogen) atoms. The summed E-state index contributed by atoms with van der Waals surface area (Å²) in [7, 11) is -3.42. The molecule has 10 heteroatoms. The van der Waals surface area contributed by atoms with Crippen LogP contribution in [0.4, 0.5) is 16.2 Å². The van der Waals surface area contributed by atoms with Crippen LogP contribution in [0.3, 0.4) is 0 Å². The van der Waals surface area contributed by atoms with Crippen molar-refractivity contribution in [3.8, 4) is 0 Å². The molecule has 2 rings (SSSR count). The van der Waals surface area contributed by atoms with E-state index >= 15 is 0 Å². The number of imide groups is 1. The van der Waals surface area contributed by atoms with Crippen LogP contribution < -0.4 is 20.7 Å². The normalized spacial score (nSPS) is 20.8. The van der Waals surface area contributed by atoms with Gasteiger partial charge >= 0.3 is 6.03 Å². The minimum Gasteiger partial charge on any atom is -0.335 e. The Kier molecular flexibility index (Phi) is 5.07. The SMILES string of the molecule is CC1NC(=O)NC(=O)C1CC(=O)Nc1cccc(NS(C)(=O)=O)c1. The van der Waals surface area contributed by atoms with Crippen LogP contribution in [0, 0.1) is 5.92 Å². The van der Waals surface area contributed by atoms with Crippen LogP contribution in [0.1, 0.15) is 13.3 Å². The van der Waals surface area contributed by atoms with Gasteiger partial charge in [-0.15, -0.1) is 0 Å². The average molecular weight is 354 g/mol. The molecule has 1 heterocycles. The third-order valence-electron chi connectivity index (χ3n) is 3.39. The molecule has 1 aliphatic rings. The molecule has 2 unspecified atom stereocenters. The van der Waals surface area contributed by atoms with E-state index in [4.69, 9.17) is 0 Å². The van der Waals surface area contributed by atoms with Crippen LogP contribution in [-0.2, 0) is 19.6 Å². The second-order valence-electron chi connectivity index (χ2n) is 5.57. The van der Waals surface area contributed by atoms with Crippen molar-refractivity contribution >= 4 is 39.2 Å². The summed E-state index contributed by atoms with van der Waals surface area (Å²) in [6.07, 6.45) is 0.909. The van der Waals surface area contributed by atoms with Crippen LogP contribution in [0.5, 0.6) is 0 Å². The minimum atomic E-state index is -3.42. The maximum Gasteiger partial charge on any atom is 0.321 e. The zero-order chi connectivity index (χ0) is 17.9. The lowest BCUT2D eigenvalue weighted by atomic mass is 9.94. The number of nitrogens with one attached hydrogen (secondary N) is 4. The molecule has 1 aromatic rings. The van der Waals surface area contributed by atoms with Gasteiger partial charge in [0.2, 0.25) is 21.8 Å². The zero-order valence-electron chi connectivity index (χ0n) is 13.1. The van der Waals surface area contributed by atoms with Crippen molar-refractivity contribution in [3.63, 3.8) is 0 Å². The summed E-state index contributed by atoms with van der Waals surface area (Å²) >= 11 is 0. The molecule has 2 atom stereocenters. The number of benzene rings is 1. The highest BCUT2D eigenvalue weighted by molar-refractivity contribution is 7.92. The molecule has 1 saturated heterocycles. The summed E-state index contributed by atoms with van der Waals surface area (Å²) in [5.41, 5.74) is 0.702. The van der Waals surface area contributed by atoms with Crippen molar-refractivity contribution in [2.24, 2.45) is 5.92 Å². The van der Waals surface area contributed by atoms with Gasteiger partial charge in [-0.1, -0.05) is 6.07 Å². The number of carbonyl (C=O) groups excluding carboxylic acids is 3. The standard InChI is InChI=1S/C14H18N4O5S/c1-8-11(13(20)17-14(21)15-8)7-12(19)16-9-4-3-5-10(6-9)18-24(2,22)23/h3-6,8,11,18H,7H2,1-2H3,(H,16,19)(H2,15,17,20,21). The van der Waals surface area contributed by atoms with Gasteiger partial charge < -0.3 is 10.6 Å². The molecule has 0 radical (unpaired) electrons. The van der Waals surface area contributed by atoms with Gasteiger partial charge in [-0.3, -0.25) is 19.6 Å². The summed E-state index contributed by atoms with van der Waals surface area (Å²) < 4.78 is 24.7. The van der Waals surface area contributed by atoms with Crippen LogP contribution in [0.2, 0.25) is 0 Å². The molecule has 1 aliphatic heterocycles. The maximum absolute atomic E-state index is 12.1. The first-order valence-electron chi connectivity index (χ1n) is 7.13. The molecule has 1 aromatic carbocycles. The van der Waals surface area contributed by atoms with Gasteiger partial charge in [0.1, 0.15) is 0 Å². The number of anilines is 2. The summed E-state index contributed by atoms with van der Waals surface area (Å²) in [5.74, 6) is -1.61. The summed E-state index contributed by atoms with van der Waals surface area (Å²) in [5, 5.41) is 7.26. The molecule has 0 spiro atoms. The molecule has 9 nitrogen and oxygen atoms in total. The number of rotatable bonds is 5. The Bertz CT molecular complexity index is 777. The summed E-state index contributed by atoms with van der Waals surface area (Å²) in [6.45, 7) is 1.64. The number of urea groups is 1. The van der Waals surface area contributed by atoms with E-state index in [1.165, 1.54) is 6.07 Å². The first kappa shape index (κ1) is 17.7. The fraction of sp³-hybridized carbons (Fsp3) is 0.357. The largest absolute Gasteiger partial charge is 0.335 e. The third-order valence-corrected chi connectivity index (χ3v) is 4.00. The number of sulfonamides is 1. The molecule has 0 saturated carbocycles. The first-order valence-corrected chi connectivity index (χ1v) is 9.02. The Balaban J connectivity index is 2.01.